The first-order valence-electron chi connectivity index (χ1n) is 8.52. The Hall–Kier alpha value is -2.27. The molecule has 128 valence electrons. The smallest absolute Gasteiger partial charge is 0.315 e. The number of nitrogens with one attached hydrogen (secondary N) is 2. The molecule has 24 heavy (non-hydrogen) atoms. The van der Waals surface area contributed by atoms with Crippen LogP contribution in [-0.4, -0.2) is 23.8 Å². The third-order valence-corrected chi connectivity index (χ3v) is 4.68. The second-order valence-electron chi connectivity index (χ2n) is 6.38. The molecule has 2 amide bonds. The van der Waals surface area contributed by atoms with Gasteiger partial charge < -0.3 is 20.2 Å². The van der Waals surface area contributed by atoms with Gasteiger partial charge in [0.25, 0.3) is 0 Å². The van der Waals surface area contributed by atoms with Crippen molar-refractivity contribution < 1.29 is 14.3 Å². The number of carbonyl (C=O) groups is 1. The van der Waals surface area contributed by atoms with Gasteiger partial charge in [0.15, 0.2) is 0 Å². The molecule has 5 heteroatoms. The molecule has 0 saturated heterocycles. The zero-order valence-corrected chi connectivity index (χ0v) is 13.7. The van der Waals surface area contributed by atoms with E-state index in [4.69, 9.17) is 4.42 Å². The summed E-state index contributed by atoms with van der Waals surface area (Å²) >= 11 is 0. The highest BCUT2D eigenvalue weighted by Gasteiger charge is 2.24. The number of hydrogen-bond donors (Lipinski definition) is 3. The second kappa shape index (κ2) is 8.02. The molecule has 1 aromatic heterocycles. The number of amides is 2. The first-order valence-corrected chi connectivity index (χ1v) is 8.52. The molecule has 1 aliphatic carbocycles. The second-order valence-corrected chi connectivity index (χ2v) is 6.38. The van der Waals surface area contributed by atoms with E-state index in [9.17, 15) is 9.90 Å². The van der Waals surface area contributed by atoms with Gasteiger partial charge in [-0.15, -0.1) is 0 Å². The largest absolute Gasteiger partial charge is 0.467 e. The summed E-state index contributed by atoms with van der Waals surface area (Å²) in [6.45, 7) is 0.244. The third-order valence-electron chi connectivity index (χ3n) is 4.68. The molecule has 0 bridgehead atoms. The van der Waals surface area contributed by atoms with Crippen LogP contribution in [0.15, 0.2) is 53.1 Å². The highest BCUT2D eigenvalue weighted by Crippen LogP contribution is 2.25. The summed E-state index contributed by atoms with van der Waals surface area (Å²) in [5.41, 5.74) is 0.978. The van der Waals surface area contributed by atoms with Crippen LogP contribution >= 0.6 is 0 Å². The molecule has 0 aliphatic heterocycles. The summed E-state index contributed by atoms with van der Waals surface area (Å²) in [4.78, 5) is 12.4. The van der Waals surface area contributed by atoms with E-state index in [1.807, 2.05) is 42.5 Å². The fraction of sp³-hybridized carbons (Fsp3) is 0.421. The Morgan fingerprint density at radius 2 is 1.88 bits per heavy atom. The number of rotatable bonds is 5. The van der Waals surface area contributed by atoms with E-state index in [2.05, 4.69) is 10.6 Å². The van der Waals surface area contributed by atoms with E-state index < -0.39 is 0 Å². The summed E-state index contributed by atoms with van der Waals surface area (Å²) in [6, 6.07) is 13.1. The number of furan rings is 1. The minimum absolute atomic E-state index is 0.167. The topological polar surface area (TPSA) is 74.5 Å². The number of carbonyl (C=O) groups excluding carboxylic acids is 1. The molecule has 3 rings (SSSR count). The van der Waals surface area contributed by atoms with Gasteiger partial charge in [0.05, 0.1) is 6.26 Å². The van der Waals surface area contributed by atoms with Crippen LogP contribution in [0, 0.1) is 5.92 Å². The predicted octanol–water partition coefficient (Wildman–Crippen LogP) is 3.22. The first-order chi connectivity index (χ1) is 11.8. The normalized spacial score (nSPS) is 21.9. The molecule has 1 heterocycles. The van der Waals surface area contributed by atoms with Gasteiger partial charge in [-0.3, -0.25) is 0 Å². The van der Waals surface area contributed by atoms with Crippen molar-refractivity contribution in [2.45, 2.75) is 37.8 Å². The average molecular weight is 328 g/mol. The van der Waals surface area contributed by atoms with Crippen LogP contribution in [0.5, 0.6) is 0 Å². The number of urea groups is 1. The summed E-state index contributed by atoms with van der Waals surface area (Å²) in [5, 5.41) is 15.3. The van der Waals surface area contributed by atoms with Crippen molar-refractivity contribution in [1.29, 1.82) is 0 Å². The lowest BCUT2D eigenvalue weighted by atomic mass is 9.87. The minimum Gasteiger partial charge on any atom is -0.467 e. The van der Waals surface area contributed by atoms with Crippen LogP contribution in [0.3, 0.4) is 0 Å². The SMILES string of the molecule is O=C(NC1CCC(CO)CC1)NC(c1ccccc1)c1ccco1. The molecule has 1 saturated carbocycles. The molecular formula is C19H24N2O3. The van der Waals surface area contributed by atoms with Gasteiger partial charge in [0.1, 0.15) is 11.8 Å². The summed E-state index contributed by atoms with van der Waals surface area (Å²) in [7, 11) is 0. The van der Waals surface area contributed by atoms with E-state index in [0.717, 1.165) is 31.2 Å². The minimum atomic E-state index is -0.310. The maximum Gasteiger partial charge on any atom is 0.315 e. The number of aliphatic hydroxyl groups is 1. The van der Waals surface area contributed by atoms with Crippen LogP contribution in [0.25, 0.3) is 0 Å². The van der Waals surface area contributed by atoms with Crippen molar-refractivity contribution in [2.75, 3.05) is 6.61 Å². The van der Waals surface area contributed by atoms with Gasteiger partial charge in [-0.1, -0.05) is 30.3 Å². The molecule has 3 N–H and O–H groups in total. The van der Waals surface area contributed by atoms with Crippen molar-refractivity contribution in [3.05, 3.63) is 60.1 Å². The fourth-order valence-corrected chi connectivity index (χ4v) is 3.27. The monoisotopic (exact) mass is 328 g/mol. The molecule has 1 aliphatic rings. The fourth-order valence-electron chi connectivity index (χ4n) is 3.27. The Bertz CT molecular complexity index is 619. The van der Waals surface area contributed by atoms with E-state index in [-0.39, 0.29) is 24.7 Å². The van der Waals surface area contributed by atoms with Gasteiger partial charge in [-0.05, 0) is 49.3 Å². The van der Waals surface area contributed by atoms with Crippen molar-refractivity contribution >= 4 is 6.03 Å². The maximum absolute atomic E-state index is 12.4. The van der Waals surface area contributed by atoms with Gasteiger partial charge in [0, 0.05) is 12.6 Å². The van der Waals surface area contributed by atoms with Crippen molar-refractivity contribution in [3.8, 4) is 0 Å². The highest BCUT2D eigenvalue weighted by atomic mass is 16.3. The highest BCUT2D eigenvalue weighted by molar-refractivity contribution is 5.75. The Kier molecular flexibility index (Phi) is 5.54. The lowest BCUT2D eigenvalue weighted by molar-refractivity contribution is 0.174. The van der Waals surface area contributed by atoms with Crippen LogP contribution in [-0.2, 0) is 0 Å². The predicted molar refractivity (Wildman–Crippen MR) is 91.5 cm³/mol. The van der Waals surface area contributed by atoms with E-state index in [1.165, 1.54) is 0 Å². The quantitative estimate of drug-likeness (QED) is 0.789. The molecule has 1 aromatic carbocycles. The lowest BCUT2D eigenvalue weighted by Crippen LogP contribution is -2.45. The average Bonchev–Trinajstić information content (AvgIpc) is 3.15. The van der Waals surface area contributed by atoms with E-state index in [1.54, 1.807) is 6.26 Å². The van der Waals surface area contributed by atoms with E-state index >= 15 is 0 Å². The molecule has 1 unspecified atom stereocenters. The molecular weight excluding hydrogens is 304 g/mol. The van der Waals surface area contributed by atoms with Gasteiger partial charge in [-0.25, -0.2) is 4.79 Å². The molecule has 1 fully saturated rings. The zero-order chi connectivity index (χ0) is 16.8. The molecule has 5 nitrogen and oxygen atoms in total. The summed E-state index contributed by atoms with van der Waals surface area (Å²) in [6.07, 6.45) is 5.36. The van der Waals surface area contributed by atoms with Crippen molar-refractivity contribution in [2.24, 2.45) is 5.92 Å². The Labute approximate surface area is 142 Å². The van der Waals surface area contributed by atoms with Crippen LogP contribution in [0.2, 0.25) is 0 Å². The van der Waals surface area contributed by atoms with E-state index in [0.29, 0.717) is 11.7 Å². The standard InChI is InChI=1S/C19H24N2O3/c22-13-14-8-10-16(11-9-14)20-19(23)21-18(17-7-4-12-24-17)15-5-2-1-3-6-15/h1-7,12,14,16,18,22H,8-11,13H2,(H2,20,21,23). The number of benzene rings is 1. The number of aliphatic hydroxyl groups excluding tert-OH is 1. The van der Waals surface area contributed by atoms with Crippen molar-refractivity contribution in [1.82, 2.24) is 10.6 Å². The molecule has 2 aromatic rings. The summed E-state index contributed by atoms with van der Waals surface area (Å²) < 4.78 is 5.50. The Morgan fingerprint density at radius 1 is 1.12 bits per heavy atom. The van der Waals surface area contributed by atoms with Crippen molar-refractivity contribution in [3.63, 3.8) is 0 Å². The molecule has 0 radical (unpaired) electrons. The van der Waals surface area contributed by atoms with Gasteiger partial charge >= 0.3 is 6.03 Å². The van der Waals surface area contributed by atoms with Crippen LogP contribution < -0.4 is 10.6 Å². The maximum atomic E-state index is 12.4. The van der Waals surface area contributed by atoms with Gasteiger partial charge in [-0.2, -0.15) is 0 Å². The molecule has 0 spiro atoms. The Balaban J connectivity index is 1.62. The van der Waals surface area contributed by atoms with Gasteiger partial charge in [0.2, 0.25) is 0 Å². The lowest BCUT2D eigenvalue weighted by Gasteiger charge is -2.28. The zero-order valence-electron chi connectivity index (χ0n) is 13.7. The third kappa shape index (κ3) is 4.17. The number of hydrogen-bond acceptors (Lipinski definition) is 3. The first kappa shape index (κ1) is 16.6. The Morgan fingerprint density at radius 3 is 2.50 bits per heavy atom. The van der Waals surface area contributed by atoms with Crippen LogP contribution in [0.4, 0.5) is 4.79 Å². The summed E-state index contributed by atoms with van der Waals surface area (Å²) in [5.74, 6) is 1.09. The van der Waals surface area contributed by atoms with Crippen LogP contribution in [0.1, 0.15) is 43.0 Å². The molecule has 1 atom stereocenters.